The van der Waals surface area contributed by atoms with Gasteiger partial charge in [-0.15, -0.1) is 0 Å². The van der Waals surface area contributed by atoms with Crippen molar-refractivity contribution in [2.45, 2.75) is 104 Å². The number of ether oxygens (including phenoxy) is 1. The van der Waals surface area contributed by atoms with E-state index in [1.807, 2.05) is 62.4 Å². The van der Waals surface area contributed by atoms with Crippen LogP contribution in [0.25, 0.3) is 0 Å². The molecule has 3 rings (SSSR count). The molecular weight excluding hydrogens is 490 g/mol. The predicted octanol–water partition coefficient (Wildman–Crippen LogP) is 5.78. The van der Waals surface area contributed by atoms with Crippen LogP contribution in [0.2, 0.25) is 0 Å². The quantitative estimate of drug-likeness (QED) is 0.337. The number of benzene rings is 2. The summed E-state index contributed by atoms with van der Waals surface area (Å²) >= 11 is 0. The van der Waals surface area contributed by atoms with Crippen LogP contribution in [0, 0.1) is 13.8 Å². The molecular formula is C32H45N3O4. The minimum absolute atomic E-state index is 0.0671. The lowest BCUT2D eigenvalue weighted by molar-refractivity contribution is -0.143. The van der Waals surface area contributed by atoms with Gasteiger partial charge in [0.1, 0.15) is 17.7 Å². The molecule has 2 N–H and O–H groups in total. The number of hydrogen-bond donors (Lipinski definition) is 2. The van der Waals surface area contributed by atoms with E-state index in [0.717, 1.165) is 54.4 Å². The highest BCUT2D eigenvalue weighted by Crippen LogP contribution is 2.37. The molecule has 2 unspecified atom stereocenters. The van der Waals surface area contributed by atoms with Crippen LogP contribution in [0.15, 0.2) is 48.5 Å². The van der Waals surface area contributed by atoms with Gasteiger partial charge in [0.05, 0.1) is 0 Å². The van der Waals surface area contributed by atoms with E-state index in [4.69, 9.17) is 4.74 Å². The lowest BCUT2D eigenvalue weighted by Gasteiger charge is -2.35. The molecule has 0 saturated heterocycles. The Kier molecular flexibility index (Phi) is 10.6. The monoisotopic (exact) mass is 535 g/mol. The van der Waals surface area contributed by atoms with Gasteiger partial charge in [-0.1, -0.05) is 73.9 Å². The maximum atomic E-state index is 14.4. The van der Waals surface area contributed by atoms with Gasteiger partial charge in [0.25, 0.3) is 0 Å². The summed E-state index contributed by atoms with van der Waals surface area (Å²) in [4.78, 5) is 42.8. The molecule has 7 heteroatoms. The number of carbonyl (C=O) groups is 3. The van der Waals surface area contributed by atoms with Crippen LogP contribution in [0.1, 0.15) is 88.1 Å². The number of nitrogens with zero attached hydrogens (tertiary/aromatic N) is 1. The van der Waals surface area contributed by atoms with Crippen molar-refractivity contribution < 1.29 is 19.1 Å². The van der Waals surface area contributed by atoms with Gasteiger partial charge in [-0.3, -0.25) is 9.59 Å². The summed E-state index contributed by atoms with van der Waals surface area (Å²) in [5.41, 5.74) is 3.00. The fourth-order valence-corrected chi connectivity index (χ4v) is 4.71. The minimum atomic E-state index is -0.886. The zero-order valence-corrected chi connectivity index (χ0v) is 24.4. The van der Waals surface area contributed by atoms with E-state index in [9.17, 15) is 14.4 Å². The molecule has 0 aromatic heterocycles. The Hall–Kier alpha value is -3.35. The second-order valence-electron chi connectivity index (χ2n) is 11.6. The van der Waals surface area contributed by atoms with Crippen LogP contribution in [0.3, 0.4) is 0 Å². The Labute approximate surface area is 233 Å². The summed E-state index contributed by atoms with van der Waals surface area (Å²) < 4.78 is 5.52. The van der Waals surface area contributed by atoms with E-state index in [-0.39, 0.29) is 17.9 Å². The van der Waals surface area contributed by atoms with Crippen LogP contribution in [-0.2, 0) is 20.7 Å². The molecule has 2 aromatic rings. The number of nitrogens with one attached hydrogen (secondary N) is 2. The van der Waals surface area contributed by atoms with Crippen molar-refractivity contribution in [3.8, 4) is 0 Å². The first-order valence-electron chi connectivity index (χ1n) is 14.2. The standard InChI is InChI=1S/C32H45N3O4/c1-7-8-12-19-33-29(36)28(26-20-22(2)15-16-23(26)3)35(25-17-18-25)30(37)27(21-24-13-10-9-11-14-24)34-31(38)39-32(4,5)6/h9-11,13-16,20,25,27-28H,7-8,12,17-19,21H2,1-6H3,(H,33,36)(H,34,38). The molecule has 0 bridgehead atoms. The molecule has 1 aliphatic rings. The summed E-state index contributed by atoms with van der Waals surface area (Å²) in [7, 11) is 0. The van der Waals surface area contributed by atoms with Crippen molar-refractivity contribution in [1.82, 2.24) is 15.5 Å². The average molecular weight is 536 g/mol. The van der Waals surface area contributed by atoms with E-state index < -0.39 is 23.8 Å². The third-order valence-electron chi connectivity index (χ3n) is 6.80. The van der Waals surface area contributed by atoms with Crippen molar-refractivity contribution in [2.75, 3.05) is 6.54 Å². The molecule has 1 saturated carbocycles. The number of hydrogen-bond acceptors (Lipinski definition) is 4. The van der Waals surface area contributed by atoms with Crippen LogP contribution < -0.4 is 10.6 Å². The van der Waals surface area contributed by atoms with Crippen molar-refractivity contribution >= 4 is 17.9 Å². The van der Waals surface area contributed by atoms with Crippen LogP contribution in [0.5, 0.6) is 0 Å². The first kappa shape index (κ1) is 30.2. The van der Waals surface area contributed by atoms with Crippen molar-refractivity contribution in [3.05, 3.63) is 70.8 Å². The Morgan fingerprint density at radius 2 is 1.72 bits per heavy atom. The molecule has 3 amide bonds. The summed E-state index contributed by atoms with van der Waals surface area (Å²) in [6, 6.07) is 13.9. The van der Waals surface area contributed by atoms with Crippen molar-refractivity contribution in [1.29, 1.82) is 0 Å². The number of alkyl carbamates (subject to hydrolysis) is 1. The van der Waals surface area contributed by atoms with Crippen LogP contribution in [-0.4, -0.2) is 47.0 Å². The number of aryl methyl sites for hydroxylation is 2. The van der Waals surface area contributed by atoms with Gasteiger partial charge in [0, 0.05) is 19.0 Å². The highest BCUT2D eigenvalue weighted by atomic mass is 16.6. The second kappa shape index (κ2) is 13.6. The molecule has 0 aliphatic heterocycles. The van der Waals surface area contributed by atoms with E-state index in [0.29, 0.717) is 13.0 Å². The summed E-state index contributed by atoms with van der Waals surface area (Å²) in [5, 5.41) is 5.93. The molecule has 2 aromatic carbocycles. The smallest absolute Gasteiger partial charge is 0.408 e. The Bertz CT molecular complexity index is 1120. The predicted molar refractivity (Wildman–Crippen MR) is 154 cm³/mol. The lowest BCUT2D eigenvalue weighted by atomic mass is 9.95. The normalized spacial score (nSPS) is 14.7. The maximum absolute atomic E-state index is 14.4. The molecule has 2 atom stereocenters. The Morgan fingerprint density at radius 3 is 2.33 bits per heavy atom. The first-order chi connectivity index (χ1) is 18.5. The summed E-state index contributed by atoms with van der Waals surface area (Å²) in [6.07, 6.45) is 4.25. The first-order valence-corrected chi connectivity index (χ1v) is 14.2. The van der Waals surface area contributed by atoms with E-state index in [1.54, 1.807) is 25.7 Å². The summed E-state index contributed by atoms with van der Waals surface area (Å²) in [5.74, 6) is -0.461. The molecule has 0 heterocycles. The zero-order valence-electron chi connectivity index (χ0n) is 24.4. The van der Waals surface area contributed by atoms with Gasteiger partial charge in [0.15, 0.2) is 0 Å². The minimum Gasteiger partial charge on any atom is -0.444 e. The van der Waals surface area contributed by atoms with E-state index in [1.165, 1.54) is 0 Å². The second-order valence-corrected chi connectivity index (χ2v) is 11.6. The molecule has 1 aliphatic carbocycles. The van der Waals surface area contributed by atoms with E-state index in [2.05, 4.69) is 17.6 Å². The van der Waals surface area contributed by atoms with Gasteiger partial charge in [0.2, 0.25) is 11.8 Å². The lowest BCUT2D eigenvalue weighted by Crippen LogP contribution is -2.54. The largest absolute Gasteiger partial charge is 0.444 e. The fourth-order valence-electron chi connectivity index (χ4n) is 4.71. The molecule has 0 spiro atoms. The molecule has 1 fully saturated rings. The van der Waals surface area contributed by atoms with Gasteiger partial charge in [-0.25, -0.2) is 4.79 Å². The molecule has 7 nitrogen and oxygen atoms in total. The number of amides is 3. The van der Waals surface area contributed by atoms with Gasteiger partial charge < -0.3 is 20.3 Å². The van der Waals surface area contributed by atoms with Crippen LogP contribution in [0.4, 0.5) is 4.79 Å². The number of unbranched alkanes of at least 4 members (excludes halogenated alkanes) is 2. The molecule has 0 radical (unpaired) electrons. The van der Waals surface area contributed by atoms with Crippen molar-refractivity contribution in [3.63, 3.8) is 0 Å². The van der Waals surface area contributed by atoms with Gasteiger partial charge in [-0.05, 0) is 70.6 Å². The van der Waals surface area contributed by atoms with Gasteiger partial charge >= 0.3 is 6.09 Å². The van der Waals surface area contributed by atoms with Crippen molar-refractivity contribution in [2.24, 2.45) is 0 Å². The SMILES string of the molecule is CCCCCNC(=O)C(c1cc(C)ccc1C)N(C(=O)C(Cc1ccccc1)NC(=O)OC(C)(C)C)C1CC1. The topological polar surface area (TPSA) is 87.7 Å². The fraction of sp³-hybridized carbons (Fsp3) is 0.531. The molecule has 212 valence electrons. The summed E-state index contributed by atoms with van der Waals surface area (Å²) in [6.45, 7) is 12.0. The third kappa shape index (κ3) is 9.12. The van der Waals surface area contributed by atoms with E-state index >= 15 is 0 Å². The molecule has 39 heavy (non-hydrogen) atoms. The third-order valence-corrected chi connectivity index (χ3v) is 6.80. The van der Waals surface area contributed by atoms with Gasteiger partial charge in [-0.2, -0.15) is 0 Å². The number of rotatable bonds is 12. The zero-order chi connectivity index (χ0) is 28.6. The number of carbonyl (C=O) groups excluding carboxylic acids is 3. The highest BCUT2D eigenvalue weighted by molar-refractivity contribution is 5.93. The average Bonchev–Trinajstić information content (AvgIpc) is 3.70. The highest BCUT2D eigenvalue weighted by Gasteiger charge is 2.44. The Morgan fingerprint density at radius 1 is 1.03 bits per heavy atom. The van der Waals surface area contributed by atoms with Crippen LogP contribution >= 0.6 is 0 Å². The maximum Gasteiger partial charge on any atom is 0.408 e. The Balaban J connectivity index is 1.99.